The largest absolute Gasteiger partial charge is 0.358 e. The van der Waals surface area contributed by atoms with Crippen molar-refractivity contribution in [3.05, 3.63) is 35.0 Å². The summed E-state index contributed by atoms with van der Waals surface area (Å²) in [6.45, 7) is 0. The van der Waals surface area contributed by atoms with Crippen LogP contribution in [0.5, 0.6) is 0 Å². The van der Waals surface area contributed by atoms with Crippen LogP contribution in [0, 0.1) is 0 Å². The summed E-state index contributed by atoms with van der Waals surface area (Å²) in [4.78, 5) is 16.1. The van der Waals surface area contributed by atoms with Gasteiger partial charge >= 0.3 is 0 Å². The highest BCUT2D eigenvalue weighted by Crippen LogP contribution is 2.30. The molecule has 1 saturated heterocycles. The van der Waals surface area contributed by atoms with Crippen molar-refractivity contribution in [2.24, 2.45) is 0 Å². The number of aromatic amines is 1. The lowest BCUT2D eigenvalue weighted by atomic mass is 10.0. The Bertz CT molecular complexity index is 898. The summed E-state index contributed by atoms with van der Waals surface area (Å²) < 4.78 is 23.2. The van der Waals surface area contributed by atoms with Gasteiger partial charge in [-0.3, -0.25) is 4.79 Å². The zero-order valence-corrected chi connectivity index (χ0v) is 14.4. The third kappa shape index (κ3) is 2.83. The highest BCUT2D eigenvalue weighted by molar-refractivity contribution is 7.91. The van der Waals surface area contributed by atoms with Gasteiger partial charge in [0.2, 0.25) is 0 Å². The zero-order chi connectivity index (χ0) is 16.7. The number of hydrogen-bond acceptors (Lipinski definition) is 3. The number of nitrogens with one attached hydrogen (secondary N) is 2. The van der Waals surface area contributed by atoms with E-state index in [4.69, 9.17) is 0 Å². The highest BCUT2D eigenvalue weighted by atomic mass is 32.2. The minimum Gasteiger partial charge on any atom is -0.358 e. The van der Waals surface area contributed by atoms with E-state index < -0.39 is 9.84 Å². The van der Waals surface area contributed by atoms with E-state index in [0.29, 0.717) is 12.0 Å². The van der Waals surface area contributed by atoms with Gasteiger partial charge < -0.3 is 10.3 Å². The number of carbonyl (C=O) groups excluding carboxylic acids is 1. The maximum absolute atomic E-state index is 12.7. The molecular formula is C18H22N2O3S. The number of rotatable bonds is 2. The molecule has 1 atom stereocenters. The topological polar surface area (TPSA) is 79.0 Å². The Morgan fingerprint density at radius 2 is 2.00 bits per heavy atom. The fourth-order valence-electron chi connectivity index (χ4n) is 3.97. The Kier molecular flexibility index (Phi) is 3.87. The van der Waals surface area contributed by atoms with Crippen molar-refractivity contribution in [3.63, 3.8) is 0 Å². The van der Waals surface area contributed by atoms with E-state index in [1.807, 2.05) is 12.1 Å². The van der Waals surface area contributed by atoms with Gasteiger partial charge in [-0.15, -0.1) is 0 Å². The summed E-state index contributed by atoms with van der Waals surface area (Å²) in [5, 5.41) is 4.04. The van der Waals surface area contributed by atoms with Crippen LogP contribution in [0.1, 0.15) is 47.3 Å². The highest BCUT2D eigenvalue weighted by Gasteiger charge is 2.29. The van der Waals surface area contributed by atoms with E-state index in [1.165, 1.54) is 30.5 Å². The van der Waals surface area contributed by atoms with Gasteiger partial charge in [-0.2, -0.15) is 0 Å². The molecule has 5 nitrogen and oxygen atoms in total. The molecule has 6 heteroatoms. The number of aromatic nitrogens is 1. The standard InChI is InChI=1S/C18H22N2O3S/c21-18(19-12-9-10-24(22,23)11-12)15-7-4-6-14-13-5-2-1-3-8-16(13)20-17(14)15/h4,6-7,12,20H,1-3,5,8-11H2,(H,19,21). The summed E-state index contributed by atoms with van der Waals surface area (Å²) in [6, 6.07) is 5.54. The lowest BCUT2D eigenvalue weighted by Gasteiger charge is -2.11. The molecule has 24 heavy (non-hydrogen) atoms. The van der Waals surface area contributed by atoms with Gasteiger partial charge in [-0.1, -0.05) is 18.6 Å². The van der Waals surface area contributed by atoms with E-state index in [0.717, 1.165) is 23.7 Å². The van der Waals surface area contributed by atoms with Crippen molar-refractivity contribution >= 4 is 26.6 Å². The molecule has 2 heterocycles. The molecule has 0 saturated carbocycles. The fourth-order valence-corrected chi connectivity index (χ4v) is 5.64. The second kappa shape index (κ2) is 5.92. The van der Waals surface area contributed by atoms with Crippen LogP contribution in [-0.2, 0) is 22.7 Å². The first-order valence-electron chi connectivity index (χ1n) is 8.67. The number of carbonyl (C=O) groups is 1. The van der Waals surface area contributed by atoms with Crippen LogP contribution in [0.25, 0.3) is 10.9 Å². The van der Waals surface area contributed by atoms with Crippen LogP contribution in [0.3, 0.4) is 0 Å². The molecule has 128 valence electrons. The van der Waals surface area contributed by atoms with Gasteiger partial charge in [0.15, 0.2) is 9.84 Å². The van der Waals surface area contributed by atoms with Crippen LogP contribution >= 0.6 is 0 Å². The van der Waals surface area contributed by atoms with E-state index in [2.05, 4.69) is 16.4 Å². The molecule has 1 aliphatic heterocycles. The summed E-state index contributed by atoms with van der Waals surface area (Å²) >= 11 is 0. The maximum atomic E-state index is 12.7. The number of H-pyrrole nitrogens is 1. The summed E-state index contributed by atoms with van der Waals surface area (Å²) in [7, 11) is -2.99. The first-order chi connectivity index (χ1) is 11.5. The number of aryl methyl sites for hydroxylation is 2. The molecular weight excluding hydrogens is 324 g/mol. The number of amides is 1. The van der Waals surface area contributed by atoms with Gasteiger partial charge in [0.25, 0.3) is 5.91 Å². The number of para-hydroxylation sites is 1. The number of benzene rings is 1. The Hall–Kier alpha value is -1.82. The molecule has 1 aromatic heterocycles. The van der Waals surface area contributed by atoms with Crippen molar-refractivity contribution in [3.8, 4) is 0 Å². The molecule has 1 aliphatic carbocycles. The summed E-state index contributed by atoms with van der Waals surface area (Å²) in [5.41, 5.74) is 4.11. The first kappa shape index (κ1) is 15.7. The predicted octanol–water partition coefficient (Wildman–Crippen LogP) is 2.35. The molecule has 1 unspecified atom stereocenters. The molecule has 2 aliphatic rings. The quantitative estimate of drug-likeness (QED) is 0.819. The lowest BCUT2D eigenvalue weighted by Crippen LogP contribution is -2.35. The maximum Gasteiger partial charge on any atom is 0.253 e. The van der Waals surface area contributed by atoms with E-state index in [1.54, 1.807) is 0 Å². The molecule has 0 radical (unpaired) electrons. The molecule has 2 aromatic rings. The van der Waals surface area contributed by atoms with Crippen LogP contribution in [0.4, 0.5) is 0 Å². The third-order valence-electron chi connectivity index (χ3n) is 5.20. The zero-order valence-electron chi connectivity index (χ0n) is 13.6. The number of sulfone groups is 1. The molecule has 0 spiro atoms. The van der Waals surface area contributed by atoms with Crippen LogP contribution < -0.4 is 5.32 Å². The molecule has 0 bridgehead atoms. The van der Waals surface area contributed by atoms with Gasteiger partial charge in [0, 0.05) is 17.1 Å². The SMILES string of the molecule is O=C(NC1CCS(=O)(=O)C1)c1cccc2c3c([nH]c12)CCCCC3. The van der Waals surface area contributed by atoms with Gasteiger partial charge in [-0.25, -0.2) is 8.42 Å². The minimum atomic E-state index is -2.99. The van der Waals surface area contributed by atoms with Crippen molar-refractivity contribution < 1.29 is 13.2 Å². The average molecular weight is 346 g/mol. The number of hydrogen-bond donors (Lipinski definition) is 2. The van der Waals surface area contributed by atoms with Gasteiger partial charge in [0.05, 0.1) is 22.6 Å². The van der Waals surface area contributed by atoms with Crippen molar-refractivity contribution in [2.75, 3.05) is 11.5 Å². The van der Waals surface area contributed by atoms with Crippen molar-refractivity contribution in [2.45, 2.75) is 44.6 Å². The molecule has 2 N–H and O–H groups in total. The lowest BCUT2D eigenvalue weighted by molar-refractivity contribution is 0.0942. The average Bonchev–Trinajstić information content (AvgIpc) is 2.97. The third-order valence-corrected chi connectivity index (χ3v) is 6.96. The predicted molar refractivity (Wildman–Crippen MR) is 94.1 cm³/mol. The van der Waals surface area contributed by atoms with E-state index in [9.17, 15) is 13.2 Å². The minimum absolute atomic E-state index is 0.0515. The Morgan fingerprint density at radius 1 is 1.17 bits per heavy atom. The van der Waals surface area contributed by atoms with Gasteiger partial charge in [-0.05, 0) is 43.7 Å². The smallest absolute Gasteiger partial charge is 0.253 e. The van der Waals surface area contributed by atoms with Gasteiger partial charge in [0.1, 0.15) is 0 Å². The summed E-state index contributed by atoms with van der Waals surface area (Å²) in [5.74, 6) is 0.0358. The second-order valence-corrected chi connectivity index (χ2v) is 9.17. The molecule has 1 aromatic carbocycles. The molecule has 1 amide bonds. The molecule has 1 fully saturated rings. The van der Waals surface area contributed by atoms with E-state index >= 15 is 0 Å². The summed E-state index contributed by atoms with van der Waals surface area (Å²) in [6.07, 6.45) is 6.22. The first-order valence-corrected chi connectivity index (χ1v) is 10.5. The van der Waals surface area contributed by atoms with Crippen LogP contribution in [-0.4, -0.2) is 36.9 Å². The van der Waals surface area contributed by atoms with Crippen LogP contribution in [0.2, 0.25) is 0 Å². The van der Waals surface area contributed by atoms with Crippen molar-refractivity contribution in [1.82, 2.24) is 10.3 Å². The van der Waals surface area contributed by atoms with Crippen LogP contribution in [0.15, 0.2) is 18.2 Å². The Balaban J connectivity index is 1.66. The van der Waals surface area contributed by atoms with E-state index in [-0.39, 0.29) is 23.5 Å². The Morgan fingerprint density at radius 3 is 2.79 bits per heavy atom. The van der Waals surface area contributed by atoms with Crippen molar-refractivity contribution in [1.29, 1.82) is 0 Å². The second-order valence-electron chi connectivity index (χ2n) is 6.94. The fraction of sp³-hybridized carbons (Fsp3) is 0.500. The monoisotopic (exact) mass is 346 g/mol. The number of fused-ring (bicyclic) bond motifs is 3. The normalized spacial score (nSPS) is 22.9. The molecule has 4 rings (SSSR count). The Labute approximate surface area is 141 Å².